The van der Waals surface area contributed by atoms with E-state index in [1.165, 1.54) is 12.1 Å². The molecule has 5 heteroatoms. The van der Waals surface area contributed by atoms with Crippen LogP contribution in [0.2, 0.25) is 0 Å². The zero-order valence-electron chi connectivity index (χ0n) is 12.0. The molecule has 1 rings (SSSR count). The van der Waals surface area contributed by atoms with Crippen molar-refractivity contribution in [3.05, 3.63) is 29.6 Å². The van der Waals surface area contributed by atoms with Crippen molar-refractivity contribution in [1.29, 1.82) is 0 Å². The molecule has 0 heterocycles. The first-order valence-electron chi connectivity index (χ1n) is 6.45. The molecule has 4 nitrogen and oxygen atoms in total. The zero-order valence-corrected chi connectivity index (χ0v) is 12.0. The van der Waals surface area contributed by atoms with Gasteiger partial charge in [-0.05, 0) is 38.5 Å². The van der Waals surface area contributed by atoms with E-state index < -0.39 is 5.60 Å². The lowest BCUT2D eigenvalue weighted by atomic mass is 9.87. The quantitative estimate of drug-likeness (QED) is 0.590. The highest BCUT2D eigenvalue weighted by molar-refractivity contribution is 5.38. The Morgan fingerprint density at radius 3 is 2.58 bits per heavy atom. The van der Waals surface area contributed by atoms with Gasteiger partial charge in [0, 0.05) is 12.2 Å². The number of rotatable bonds is 7. The van der Waals surface area contributed by atoms with E-state index in [1.54, 1.807) is 13.2 Å². The molecule has 0 aliphatic carbocycles. The molecule has 1 aromatic carbocycles. The van der Waals surface area contributed by atoms with Gasteiger partial charge >= 0.3 is 0 Å². The second-order valence-corrected chi connectivity index (χ2v) is 4.59. The van der Waals surface area contributed by atoms with Crippen molar-refractivity contribution >= 4 is 0 Å². The van der Waals surface area contributed by atoms with Gasteiger partial charge in [0.05, 0.1) is 18.8 Å². The van der Waals surface area contributed by atoms with Crippen LogP contribution in [0.4, 0.5) is 4.39 Å². The maximum atomic E-state index is 13.5. The standard InChI is InChI=1S/C14H23FN2O2/c1-5-14(3,19-6-2)13(17-16)11-9-10(15)7-8-12(11)18-4/h7-9,13,17H,5-6,16H2,1-4H3. The third kappa shape index (κ3) is 3.43. The largest absolute Gasteiger partial charge is 0.496 e. The van der Waals surface area contributed by atoms with Gasteiger partial charge in [-0.3, -0.25) is 5.84 Å². The number of halogens is 1. The van der Waals surface area contributed by atoms with Gasteiger partial charge in [0.25, 0.3) is 0 Å². The Balaban J connectivity index is 3.25. The molecule has 108 valence electrons. The monoisotopic (exact) mass is 270 g/mol. The number of methoxy groups -OCH3 is 1. The molecule has 0 aliphatic heterocycles. The predicted molar refractivity (Wildman–Crippen MR) is 73.3 cm³/mol. The van der Waals surface area contributed by atoms with Crippen molar-refractivity contribution in [1.82, 2.24) is 5.43 Å². The fourth-order valence-electron chi connectivity index (χ4n) is 2.25. The van der Waals surface area contributed by atoms with E-state index in [0.29, 0.717) is 17.9 Å². The first kappa shape index (κ1) is 15.9. The first-order chi connectivity index (χ1) is 9.02. The minimum absolute atomic E-state index is 0.328. The van der Waals surface area contributed by atoms with Gasteiger partial charge in [-0.25, -0.2) is 9.82 Å². The summed E-state index contributed by atoms with van der Waals surface area (Å²) in [4.78, 5) is 0. The van der Waals surface area contributed by atoms with E-state index in [-0.39, 0.29) is 11.9 Å². The summed E-state index contributed by atoms with van der Waals surface area (Å²) in [6, 6.07) is 4.02. The minimum atomic E-state index is -0.537. The first-order valence-corrected chi connectivity index (χ1v) is 6.45. The number of hydrogen-bond acceptors (Lipinski definition) is 4. The van der Waals surface area contributed by atoms with Crippen LogP contribution in [0.25, 0.3) is 0 Å². The molecule has 0 aromatic heterocycles. The van der Waals surface area contributed by atoms with Crippen LogP contribution >= 0.6 is 0 Å². The second kappa shape index (κ2) is 6.84. The van der Waals surface area contributed by atoms with Gasteiger partial charge in [0.2, 0.25) is 0 Å². The molecule has 0 radical (unpaired) electrons. The van der Waals surface area contributed by atoms with Crippen molar-refractivity contribution in [3.63, 3.8) is 0 Å². The van der Waals surface area contributed by atoms with Crippen LogP contribution in [0, 0.1) is 5.82 Å². The highest BCUT2D eigenvalue weighted by atomic mass is 19.1. The lowest BCUT2D eigenvalue weighted by Crippen LogP contribution is -2.46. The third-order valence-corrected chi connectivity index (χ3v) is 3.46. The Kier molecular flexibility index (Phi) is 5.72. The van der Waals surface area contributed by atoms with Gasteiger partial charge in [-0.1, -0.05) is 6.92 Å². The van der Waals surface area contributed by atoms with Crippen molar-refractivity contribution in [2.75, 3.05) is 13.7 Å². The van der Waals surface area contributed by atoms with E-state index in [1.807, 2.05) is 20.8 Å². The van der Waals surface area contributed by atoms with Crippen LogP contribution < -0.4 is 16.0 Å². The van der Waals surface area contributed by atoms with Gasteiger partial charge in [-0.15, -0.1) is 0 Å². The Hall–Kier alpha value is -1.17. The topological polar surface area (TPSA) is 56.5 Å². The summed E-state index contributed by atoms with van der Waals surface area (Å²) in [6.07, 6.45) is 0.732. The second-order valence-electron chi connectivity index (χ2n) is 4.59. The Labute approximate surface area is 114 Å². The summed E-state index contributed by atoms with van der Waals surface area (Å²) in [7, 11) is 1.55. The molecule has 3 N–H and O–H groups in total. The van der Waals surface area contributed by atoms with E-state index >= 15 is 0 Å². The number of nitrogens with two attached hydrogens (primary N) is 1. The van der Waals surface area contributed by atoms with Crippen LogP contribution in [0.5, 0.6) is 5.75 Å². The fourth-order valence-corrected chi connectivity index (χ4v) is 2.25. The smallest absolute Gasteiger partial charge is 0.124 e. The summed E-state index contributed by atoms with van der Waals surface area (Å²) in [5.41, 5.74) is 2.84. The lowest BCUT2D eigenvalue weighted by Gasteiger charge is -2.37. The fraction of sp³-hybridized carbons (Fsp3) is 0.571. The summed E-state index contributed by atoms with van der Waals surface area (Å²) in [5, 5.41) is 0. The summed E-state index contributed by atoms with van der Waals surface area (Å²) < 4.78 is 24.6. The van der Waals surface area contributed by atoms with Crippen molar-refractivity contribution < 1.29 is 13.9 Å². The average molecular weight is 270 g/mol. The zero-order chi connectivity index (χ0) is 14.5. The normalized spacial score (nSPS) is 15.9. The molecule has 19 heavy (non-hydrogen) atoms. The van der Waals surface area contributed by atoms with Crippen molar-refractivity contribution in [2.24, 2.45) is 5.84 Å². The number of benzene rings is 1. The third-order valence-electron chi connectivity index (χ3n) is 3.46. The number of nitrogens with one attached hydrogen (secondary N) is 1. The van der Waals surface area contributed by atoms with Crippen molar-refractivity contribution in [3.8, 4) is 5.75 Å². The SMILES string of the molecule is CCOC(C)(CC)C(NN)c1cc(F)ccc1OC. The predicted octanol–water partition coefficient (Wildman–Crippen LogP) is 2.54. The molecule has 0 saturated carbocycles. The van der Waals surface area contributed by atoms with Gasteiger partial charge in [0.1, 0.15) is 11.6 Å². The van der Waals surface area contributed by atoms with Crippen LogP contribution in [0.3, 0.4) is 0 Å². The molecule has 0 bridgehead atoms. The molecule has 0 saturated heterocycles. The van der Waals surface area contributed by atoms with Gasteiger partial charge < -0.3 is 9.47 Å². The molecule has 0 aliphatic rings. The highest BCUT2D eigenvalue weighted by Crippen LogP contribution is 2.36. The summed E-state index contributed by atoms with van der Waals surface area (Å²) in [6.45, 7) is 6.43. The average Bonchev–Trinajstić information content (AvgIpc) is 2.40. The molecule has 0 fully saturated rings. The molecule has 0 amide bonds. The molecule has 0 spiro atoms. The van der Waals surface area contributed by atoms with Crippen molar-refractivity contribution in [2.45, 2.75) is 38.8 Å². The van der Waals surface area contributed by atoms with E-state index in [4.69, 9.17) is 15.3 Å². The van der Waals surface area contributed by atoms with Gasteiger partial charge in [0.15, 0.2) is 0 Å². The minimum Gasteiger partial charge on any atom is -0.496 e. The maximum Gasteiger partial charge on any atom is 0.124 e. The summed E-state index contributed by atoms with van der Waals surface area (Å²) >= 11 is 0. The van der Waals surface area contributed by atoms with E-state index in [0.717, 1.165) is 6.42 Å². The van der Waals surface area contributed by atoms with Crippen LogP contribution in [-0.2, 0) is 4.74 Å². The van der Waals surface area contributed by atoms with E-state index in [9.17, 15) is 4.39 Å². The Morgan fingerprint density at radius 2 is 2.11 bits per heavy atom. The van der Waals surface area contributed by atoms with Crippen LogP contribution in [0.1, 0.15) is 38.8 Å². The number of hydrogen-bond donors (Lipinski definition) is 2. The molecular weight excluding hydrogens is 247 g/mol. The number of hydrazine groups is 1. The molecule has 2 atom stereocenters. The maximum absolute atomic E-state index is 13.5. The molecular formula is C14H23FN2O2. The molecule has 2 unspecified atom stereocenters. The Bertz CT molecular complexity index is 414. The van der Waals surface area contributed by atoms with E-state index in [2.05, 4.69) is 5.43 Å². The van der Waals surface area contributed by atoms with Crippen LogP contribution in [0.15, 0.2) is 18.2 Å². The lowest BCUT2D eigenvalue weighted by molar-refractivity contribution is -0.0568. The Morgan fingerprint density at radius 1 is 1.42 bits per heavy atom. The number of ether oxygens (including phenoxy) is 2. The highest BCUT2D eigenvalue weighted by Gasteiger charge is 2.35. The van der Waals surface area contributed by atoms with Crippen LogP contribution in [-0.4, -0.2) is 19.3 Å². The van der Waals surface area contributed by atoms with Gasteiger partial charge in [-0.2, -0.15) is 0 Å². The summed E-state index contributed by atoms with van der Waals surface area (Å²) in [5.74, 6) is 5.92. The molecule has 1 aromatic rings.